The molecule has 4 heteroatoms. The second kappa shape index (κ2) is 7.30. The third-order valence-electron chi connectivity index (χ3n) is 5.51. The van der Waals surface area contributed by atoms with Gasteiger partial charge in [0.25, 0.3) is 0 Å². The average molecular weight is 308 g/mol. The molecule has 2 aliphatic rings. The Kier molecular flexibility index (Phi) is 5.65. The molecule has 3 unspecified atom stereocenters. The zero-order valence-corrected chi connectivity index (χ0v) is 14.0. The summed E-state index contributed by atoms with van der Waals surface area (Å²) < 4.78 is 10.0. The van der Waals surface area contributed by atoms with Crippen molar-refractivity contribution < 1.29 is 19.1 Å². The van der Waals surface area contributed by atoms with Crippen LogP contribution in [0.3, 0.4) is 0 Å². The maximum Gasteiger partial charge on any atom is 0.323 e. The highest BCUT2D eigenvalue weighted by atomic mass is 16.5. The van der Waals surface area contributed by atoms with Gasteiger partial charge >= 0.3 is 11.9 Å². The minimum atomic E-state index is -1.10. The van der Waals surface area contributed by atoms with Crippen LogP contribution in [0.4, 0.5) is 0 Å². The third kappa shape index (κ3) is 2.80. The van der Waals surface area contributed by atoms with E-state index in [0.717, 1.165) is 25.7 Å². The molecule has 0 saturated heterocycles. The first-order valence-corrected chi connectivity index (χ1v) is 8.45. The smallest absolute Gasteiger partial charge is 0.323 e. The number of esters is 2. The summed E-state index contributed by atoms with van der Waals surface area (Å²) in [6.07, 6.45) is 11.3. The highest BCUT2D eigenvalue weighted by Crippen LogP contribution is 2.56. The van der Waals surface area contributed by atoms with Crippen molar-refractivity contribution in [1.29, 1.82) is 0 Å². The molecule has 3 atom stereocenters. The minimum Gasteiger partial charge on any atom is -0.468 e. The Morgan fingerprint density at radius 1 is 1.18 bits per heavy atom. The topological polar surface area (TPSA) is 52.6 Å². The Balaban J connectivity index is 2.31. The molecule has 0 amide bonds. The molecule has 0 spiro atoms. The van der Waals surface area contributed by atoms with Crippen molar-refractivity contribution in [2.24, 2.45) is 23.2 Å². The Morgan fingerprint density at radius 3 is 2.45 bits per heavy atom. The van der Waals surface area contributed by atoms with Gasteiger partial charge in [0, 0.05) is 0 Å². The molecule has 124 valence electrons. The number of carbonyl (C=O) groups is 2. The van der Waals surface area contributed by atoms with Gasteiger partial charge in [0.15, 0.2) is 5.41 Å². The van der Waals surface area contributed by atoms with Gasteiger partial charge in [-0.1, -0.05) is 38.3 Å². The molecule has 1 saturated carbocycles. The third-order valence-corrected chi connectivity index (χ3v) is 5.51. The summed E-state index contributed by atoms with van der Waals surface area (Å²) in [5, 5.41) is 0. The summed E-state index contributed by atoms with van der Waals surface area (Å²) in [6, 6.07) is 0. The highest BCUT2D eigenvalue weighted by molar-refractivity contribution is 6.01. The molecule has 1 fully saturated rings. The van der Waals surface area contributed by atoms with Crippen molar-refractivity contribution >= 4 is 11.9 Å². The van der Waals surface area contributed by atoms with E-state index in [2.05, 4.69) is 19.1 Å². The number of methoxy groups -OCH3 is 2. The molecule has 0 aromatic carbocycles. The van der Waals surface area contributed by atoms with E-state index in [1.807, 2.05) is 0 Å². The number of allylic oxidation sites excluding steroid dienone is 2. The van der Waals surface area contributed by atoms with E-state index in [4.69, 9.17) is 9.47 Å². The first-order chi connectivity index (χ1) is 10.6. The van der Waals surface area contributed by atoms with E-state index in [0.29, 0.717) is 18.3 Å². The number of hydrogen-bond acceptors (Lipinski definition) is 4. The standard InChI is InChI=1S/C18H28O4/c1-4-5-6-9-13-12-18(16(19)21-2,17(20)22-3)15-11-8-7-10-14(13)15/h7,10,13-15H,4-6,8-9,11-12H2,1-3H3. The highest BCUT2D eigenvalue weighted by Gasteiger charge is 2.63. The molecule has 0 aliphatic heterocycles. The first-order valence-electron chi connectivity index (χ1n) is 8.45. The van der Waals surface area contributed by atoms with Crippen LogP contribution < -0.4 is 0 Å². The molecule has 0 heterocycles. The van der Waals surface area contributed by atoms with E-state index >= 15 is 0 Å². The summed E-state index contributed by atoms with van der Waals surface area (Å²) in [5.41, 5.74) is -1.10. The van der Waals surface area contributed by atoms with Gasteiger partial charge in [-0.2, -0.15) is 0 Å². The van der Waals surface area contributed by atoms with Crippen LogP contribution in [0.1, 0.15) is 51.9 Å². The number of unbranched alkanes of at least 4 members (excludes halogenated alkanes) is 2. The lowest BCUT2D eigenvalue weighted by molar-refractivity contribution is -0.173. The number of ether oxygens (including phenoxy) is 2. The fraction of sp³-hybridized carbons (Fsp3) is 0.778. The van der Waals surface area contributed by atoms with Crippen LogP contribution in [0.25, 0.3) is 0 Å². The van der Waals surface area contributed by atoms with Gasteiger partial charge in [0.2, 0.25) is 0 Å². The Hall–Kier alpha value is -1.32. The molecule has 2 rings (SSSR count). The van der Waals surface area contributed by atoms with E-state index in [1.165, 1.54) is 27.1 Å². The molecule has 22 heavy (non-hydrogen) atoms. The van der Waals surface area contributed by atoms with Gasteiger partial charge in [-0.25, -0.2) is 0 Å². The van der Waals surface area contributed by atoms with Crippen molar-refractivity contribution in [3.8, 4) is 0 Å². The van der Waals surface area contributed by atoms with E-state index < -0.39 is 17.4 Å². The maximum absolute atomic E-state index is 12.5. The second-order valence-corrected chi connectivity index (χ2v) is 6.60. The molecular formula is C18H28O4. The zero-order valence-electron chi connectivity index (χ0n) is 14.0. The van der Waals surface area contributed by atoms with E-state index in [9.17, 15) is 9.59 Å². The van der Waals surface area contributed by atoms with Gasteiger partial charge in [0.05, 0.1) is 14.2 Å². The number of fused-ring (bicyclic) bond motifs is 1. The van der Waals surface area contributed by atoms with Crippen LogP contribution in [0.2, 0.25) is 0 Å². The molecule has 0 aromatic heterocycles. The Bertz CT molecular complexity index is 424. The summed E-state index contributed by atoms with van der Waals surface area (Å²) >= 11 is 0. The molecule has 2 aliphatic carbocycles. The predicted molar refractivity (Wildman–Crippen MR) is 84.1 cm³/mol. The van der Waals surface area contributed by atoms with Gasteiger partial charge < -0.3 is 9.47 Å². The quantitative estimate of drug-likeness (QED) is 0.326. The zero-order chi connectivity index (χ0) is 16.2. The van der Waals surface area contributed by atoms with Gasteiger partial charge in [-0.3, -0.25) is 9.59 Å². The van der Waals surface area contributed by atoms with Crippen molar-refractivity contribution in [3.63, 3.8) is 0 Å². The van der Waals surface area contributed by atoms with Crippen LogP contribution in [0.15, 0.2) is 12.2 Å². The van der Waals surface area contributed by atoms with Crippen LogP contribution in [-0.4, -0.2) is 26.2 Å². The van der Waals surface area contributed by atoms with E-state index in [-0.39, 0.29) is 5.92 Å². The van der Waals surface area contributed by atoms with Gasteiger partial charge in [0.1, 0.15) is 0 Å². The summed E-state index contributed by atoms with van der Waals surface area (Å²) in [7, 11) is 2.73. The summed E-state index contributed by atoms with van der Waals surface area (Å²) in [6.45, 7) is 2.19. The van der Waals surface area contributed by atoms with Crippen LogP contribution in [-0.2, 0) is 19.1 Å². The van der Waals surface area contributed by atoms with Crippen molar-refractivity contribution in [1.82, 2.24) is 0 Å². The maximum atomic E-state index is 12.5. The van der Waals surface area contributed by atoms with Crippen LogP contribution in [0.5, 0.6) is 0 Å². The lowest BCUT2D eigenvalue weighted by atomic mass is 9.71. The number of carbonyl (C=O) groups excluding carboxylic acids is 2. The van der Waals surface area contributed by atoms with Crippen molar-refractivity contribution in [3.05, 3.63) is 12.2 Å². The molecular weight excluding hydrogens is 280 g/mol. The van der Waals surface area contributed by atoms with Crippen LogP contribution in [0, 0.1) is 23.2 Å². The van der Waals surface area contributed by atoms with Crippen molar-refractivity contribution in [2.45, 2.75) is 51.9 Å². The second-order valence-electron chi connectivity index (χ2n) is 6.60. The Labute approximate surface area is 133 Å². The largest absolute Gasteiger partial charge is 0.468 e. The summed E-state index contributed by atoms with van der Waals surface area (Å²) in [5.74, 6) is -0.149. The molecule has 4 nitrogen and oxygen atoms in total. The molecule has 0 radical (unpaired) electrons. The summed E-state index contributed by atoms with van der Waals surface area (Å²) in [4.78, 5) is 25.0. The number of hydrogen-bond donors (Lipinski definition) is 0. The molecule has 0 N–H and O–H groups in total. The fourth-order valence-electron chi connectivity index (χ4n) is 4.49. The molecule has 0 bridgehead atoms. The minimum absolute atomic E-state index is 0.0176. The predicted octanol–water partition coefficient (Wildman–Crippen LogP) is 3.50. The lowest BCUT2D eigenvalue weighted by Gasteiger charge is -2.33. The SMILES string of the molecule is CCCCCC1CC(C(=O)OC)(C(=O)OC)C2CCC=CC12. The first kappa shape index (κ1) is 17.0. The van der Waals surface area contributed by atoms with Crippen LogP contribution >= 0.6 is 0 Å². The van der Waals surface area contributed by atoms with Gasteiger partial charge in [-0.15, -0.1) is 0 Å². The van der Waals surface area contributed by atoms with Crippen molar-refractivity contribution in [2.75, 3.05) is 14.2 Å². The lowest BCUT2D eigenvalue weighted by Crippen LogP contribution is -2.45. The monoisotopic (exact) mass is 308 g/mol. The van der Waals surface area contributed by atoms with E-state index in [1.54, 1.807) is 0 Å². The Morgan fingerprint density at radius 2 is 1.86 bits per heavy atom. The normalized spacial score (nSPS) is 29.0. The molecule has 0 aromatic rings. The van der Waals surface area contributed by atoms with Gasteiger partial charge in [-0.05, 0) is 43.4 Å². The average Bonchev–Trinajstić information content (AvgIpc) is 2.89. The number of rotatable bonds is 6. The fourth-order valence-corrected chi connectivity index (χ4v) is 4.49.